The van der Waals surface area contributed by atoms with E-state index in [2.05, 4.69) is 5.32 Å². The van der Waals surface area contributed by atoms with Gasteiger partial charge in [0.05, 0.1) is 17.1 Å². The minimum Gasteiger partial charge on any atom is -0.454 e. The van der Waals surface area contributed by atoms with Crippen LogP contribution in [0.4, 0.5) is 27.6 Å². The van der Waals surface area contributed by atoms with Crippen LogP contribution < -0.4 is 10.1 Å². The molecule has 0 aromatic heterocycles. The number of rotatable bonds is 5. The van der Waals surface area contributed by atoms with Crippen LogP contribution in [0.5, 0.6) is 11.5 Å². The van der Waals surface area contributed by atoms with Crippen molar-refractivity contribution in [3.8, 4) is 11.5 Å². The summed E-state index contributed by atoms with van der Waals surface area (Å²) in [5, 5.41) is 2.63. The Hall–Kier alpha value is -3.13. The summed E-state index contributed by atoms with van der Waals surface area (Å²) in [6, 6.07) is 12.6. The molecule has 0 heterocycles. The molecule has 9 heteroatoms. The van der Waals surface area contributed by atoms with Crippen molar-refractivity contribution in [3.05, 3.63) is 88.2 Å². The average Bonchev–Trinajstić information content (AvgIpc) is 2.71. The summed E-state index contributed by atoms with van der Waals surface area (Å²) in [5.74, 6) is -11.2. The third-order valence-corrected chi connectivity index (χ3v) is 4.17. The van der Waals surface area contributed by atoms with E-state index in [9.17, 15) is 26.7 Å². The molecule has 0 fully saturated rings. The van der Waals surface area contributed by atoms with Crippen molar-refractivity contribution in [2.24, 2.45) is 0 Å². The van der Waals surface area contributed by atoms with Gasteiger partial charge in [0.25, 0.3) is 0 Å². The van der Waals surface area contributed by atoms with Crippen molar-refractivity contribution in [1.82, 2.24) is 0 Å². The number of carbonyl (C=O) groups excluding carboxylic acids is 1. The molecule has 0 atom stereocenters. The van der Waals surface area contributed by atoms with E-state index in [-0.39, 0.29) is 17.2 Å². The van der Waals surface area contributed by atoms with Gasteiger partial charge in [-0.2, -0.15) is 0 Å². The van der Waals surface area contributed by atoms with Gasteiger partial charge in [-0.15, -0.1) is 0 Å². The van der Waals surface area contributed by atoms with Gasteiger partial charge in [0, 0.05) is 5.56 Å². The molecule has 3 nitrogen and oxygen atoms in total. The first-order chi connectivity index (χ1) is 13.8. The van der Waals surface area contributed by atoms with Crippen LogP contribution in [0.3, 0.4) is 0 Å². The van der Waals surface area contributed by atoms with E-state index in [1.165, 1.54) is 12.1 Å². The average molecular weight is 428 g/mol. The van der Waals surface area contributed by atoms with Crippen LogP contribution in [0.1, 0.15) is 5.56 Å². The molecule has 0 aliphatic heterocycles. The van der Waals surface area contributed by atoms with Crippen molar-refractivity contribution in [2.75, 3.05) is 5.32 Å². The first-order valence-corrected chi connectivity index (χ1v) is 8.49. The molecule has 1 amide bonds. The van der Waals surface area contributed by atoms with E-state index >= 15 is 0 Å². The summed E-state index contributed by atoms with van der Waals surface area (Å²) in [6.07, 6.45) is -1.08. The summed E-state index contributed by atoms with van der Waals surface area (Å²) in [6.45, 7) is 0. The number of ether oxygens (including phenoxy) is 1. The zero-order valence-corrected chi connectivity index (χ0v) is 15.2. The lowest BCUT2D eigenvalue weighted by Gasteiger charge is -2.13. The van der Waals surface area contributed by atoms with Gasteiger partial charge in [-0.25, -0.2) is 22.0 Å². The molecule has 3 aromatic rings. The molecule has 1 N–H and O–H groups in total. The number of para-hydroxylation sites is 3. The molecule has 0 saturated heterocycles. The number of amides is 1. The number of nitrogens with one attached hydrogen (secondary N) is 1. The second-order valence-electron chi connectivity index (χ2n) is 5.80. The third-order valence-electron chi connectivity index (χ3n) is 3.86. The summed E-state index contributed by atoms with van der Waals surface area (Å²) in [7, 11) is 0. The lowest BCUT2D eigenvalue weighted by Crippen LogP contribution is -2.18. The van der Waals surface area contributed by atoms with Crippen molar-refractivity contribution < 1.29 is 31.5 Å². The minimum atomic E-state index is -2.29. The molecule has 3 aromatic carbocycles. The third kappa shape index (κ3) is 4.32. The normalized spacial score (nSPS) is 10.7. The quantitative estimate of drug-likeness (QED) is 0.308. The molecule has 3 rings (SSSR count). The summed E-state index contributed by atoms with van der Waals surface area (Å²) >= 11 is 6.02. The predicted octanol–water partition coefficient (Wildman–Crippen LogP) is 6.01. The smallest absolute Gasteiger partial charge is 0.229 e. The first kappa shape index (κ1) is 20.6. The van der Waals surface area contributed by atoms with E-state index in [1.54, 1.807) is 36.4 Å². The van der Waals surface area contributed by atoms with Crippen molar-refractivity contribution in [3.63, 3.8) is 0 Å². The second kappa shape index (κ2) is 8.48. The van der Waals surface area contributed by atoms with Gasteiger partial charge < -0.3 is 10.1 Å². The number of hydrogen-bond donors (Lipinski definition) is 1. The number of halogens is 6. The van der Waals surface area contributed by atoms with E-state index in [0.29, 0.717) is 5.02 Å². The zero-order chi connectivity index (χ0) is 21.1. The Kier molecular flexibility index (Phi) is 6.03. The molecule has 29 heavy (non-hydrogen) atoms. The Labute approximate surface area is 166 Å². The topological polar surface area (TPSA) is 38.3 Å². The summed E-state index contributed by atoms with van der Waals surface area (Å²) in [4.78, 5) is 12.2. The van der Waals surface area contributed by atoms with Gasteiger partial charge >= 0.3 is 0 Å². The second-order valence-corrected chi connectivity index (χ2v) is 6.21. The maximum Gasteiger partial charge on any atom is 0.229 e. The summed E-state index contributed by atoms with van der Waals surface area (Å²) < 4.78 is 72.9. The lowest BCUT2D eigenvalue weighted by atomic mass is 10.1. The van der Waals surface area contributed by atoms with Crippen LogP contribution in [0.25, 0.3) is 0 Å². The molecule has 0 aliphatic rings. The first-order valence-electron chi connectivity index (χ1n) is 8.11. The molecule has 0 bridgehead atoms. The van der Waals surface area contributed by atoms with Gasteiger partial charge in [-0.1, -0.05) is 35.9 Å². The van der Waals surface area contributed by atoms with Gasteiger partial charge in [0.2, 0.25) is 11.7 Å². The fraction of sp³-hybridized carbons (Fsp3) is 0.0500. The van der Waals surface area contributed by atoms with E-state index < -0.39 is 47.0 Å². The molecule has 150 valence electrons. The number of anilines is 1. The van der Waals surface area contributed by atoms with Crippen LogP contribution in [0.2, 0.25) is 5.02 Å². The highest BCUT2D eigenvalue weighted by atomic mass is 35.5. The molecule has 0 aliphatic carbocycles. The molecule has 0 radical (unpaired) electrons. The van der Waals surface area contributed by atoms with Crippen LogP contribution >= 0.6 is 11.6 Å². The summed E-state index contributed by atoms with van der Waals surface area (Å²) in [5.41, 5.74) is -1.12. The van der Waals surface area contributed by atoms with Crippen LogP contribution in [-0.4, -0.2) is 5.91 Å². The Morgan fingerprint density at radius 3 is 1.93 bits per heavy atom. The Bertz CT molecular complexity index is 1060. The van der Waals surface area contributed by atoms with Gasteiger partial charge in [0.1, 0.15) is 5.75 Å². The van der Waals surface area contributed by atoms with Crippen molar-refractivity contribution in [1.29, 1.82) is 0 Å². The Morgan fingerprint density at radius 1 is 0.793 bits per heavy atom. The minimum absolute atomic E-state index is 0.112. The molecular weight excluding hydrogens is 417 g/mol. The molecular formula is C20H11ClF5NO2. The van der Waals surface area contributed by atoms with E-state index in [1.807, 2.05) is 0 Å². The van der Waals surface area contributed by atoms with Crippen LogP contribution in [-0.2, 0) is 11.2 Å². The van der Waals surface area contributed by atoms with E-state index in [4.69, 9.17) is 16.3 Å². The van der Waals surface area contributed by atoms with Gasteiger partial charge in [0.15, 0.2) is 29.0 Å². The largest absolute Gasteiger partial charge is 0.454 e. The standard InChI is InChI=1S/C20H11ClF5NO2/c21-11-5-1-3-7-13(11)29-14-8-4-2-6-12(14)27-15(28)9-10-16(22)18(24)20(26)19(25)17(10)23/h1-8H,9H2,(H,27,28). The highest BCUT2D eigenvalue weighted by Crippen LogP contribution is 2.33. The molecule has 0 saturated carbocycles. The number of carbonyl (C=O) groups is 1. The Balaban J connectivity index is 1.84. The molecule has 0 unspecified atom stereocenters. The fourth-order valence-electron chi connectivity index (χ4n) is 2.47. The molecule has 0 spiro atoms. The van der Waals surface area contributed by atoms with Gasteiger partial charge in [-0.3, -0.25) is 4.79 Å². The maximum atomic E-state index is 13.8. The monoisotopic (exact) mass is 427 g/mol. The van der Waals surface area contributed by atoms with Crippen LogP contribution in [0, 0.1) is 29.1 Å². The predicted molar refractivity (Wildman–Crippen MR) is 96.5 cm³/mol. The number of benzene rings is 3. The highest BCUT2D eigenvalue weighted by molar-refractivity contribution is 6.32. The van der Waals surface area contributed by atoms with E-state index in [0.717, 1.165) is 0 Å². The number of hydrogen-bond acceptors (Lipinski definition) is 2. The Morgan fingerprint density at radius 2 is 1.31 bits per heavy atom. The van der Waals surface area contributed by atoms with Gasteiger partial charge in [-0.05, 0) is 24.3 Å². The maximum absolute atomic E-state index is 13.8. The highest BCUT2D eigenvalue weighted by Gasteiger charge is 2.27. The van der Waals surface area contributed by atoms with Crippen molar-refractivity contribution >= 4 is 23.2 Å². The fourth-order valence-corrected chi connectivity index (χ4v) is 2.64. The van der Waals surface area contributed by atoms with Crippen LogP contribution in [0.15, 0.2) is 48.5 Å². The lowest BCUT2D eigenvalue weighted by molar-refractivity contribution is -0.115. The zero-order valence-electron chi connectivity index (χ0n) is 14.4. The SMILES string of the molecule is O=C(Cc1c(F)c(F)c(F)c(F)c1F)Nc1ccccc1Oc1ccccc1Cl. The van der Waals surface area contributed by atoms with Crippen molar-refractivity contribution in [2.45, 2.75) is 6.42 Å².